The highest BCUT2D eigenvalue weighted by Gasteiger charge is 2.37. The average Bonchev–Trinajstić information content (AvgIpc) is 3.82. The maximum absolute atomic E-state index is 11.5. The van der Waals surface area contributed by atoms with Crippen LogP contribution in [0.4, 0.5) is 0 Å². The van der Waals surface area contributed by atoms with Crippen LogP contribution in [0.15, 0.2) is 73.3 Å². The summed E-state index contributed by atoms with van der Waals surface area (Å²) in [5, 5.41) is 7.52. The van der Waals surface area contributed by atoms with E-state index in [4.69, 9.17) is 52.6 Å². The maximum Gasteiger partial charge on any atom is 0.237 e. The average molecular weight is 725 g/mol. The number of nitrogens with zero attached hydrogens (tertiary/aromatic N) is 5. The zero-order chi connectivity index (χ0) is 35.3. The molecular formula is C39H39Cl2N7O3. The summed E-state index contributed by atoms with van der Waals surface area (Å²) in [4.78, 5) is 34.8. The fourth-order valence-corrected chi connectivity index (χ4v) is 7.46. The molecule has 262 valence electrons. The summed E-state index contributed by atoms with van der Waals surface area (Å²) in [7, 11) is 3.19. The lowest BCUT2D eigenvalue weighted by Crippen LogP contribution is -2.25. The summed E-state index contributed by atoms with van der Waals surface area (Å²) < 4.78 is 11.3. The van der Waals surface area contributed by atoms with Crippen molar-refractivity contribution in [2.75, 3.05) is 20.8 Å². The topological polar surface area (TPSA) is 124 Å². The van der Waals surface area contributed by atoms with Crippen molar-refractivity contribution >= 4 is 29.1 Å². The van der Waals surface area contributed by atoms with Crippen LogP contribution in [-0.2, 0) is 17.8 Å². The van der Waals surface area contributed by atoms with Gasteiger partial charge in [-0.25, -0.2) is 9.97 Å². The molecule has 4 heterocycles. The summed E-state index contributed by atoms with van der Waals surface area (Å²) in [6, 6.07) is 15.9. The summed E-state index contributed by atoms with van der Waals surface area (Å²) in [5.41, 5.74) is 6.88. The summed E-state index contributed by atoms with van der Waals surface area (Å²) in [6.45, 7) is 1.42. The molecule has 0 spiro atoms. The number of rotatable bonds is 14. The Labute approximate surface area is 307 Å². The van der Waals surface area contributed by atoms with Crippen molar-refractivity contribution < 1.29 is 14.3 Å². The number of hydrogen-bond acceptors (Lipinski definition) is 9. The maximum atomic E-state index is 11.5. The van der Waals surface area contributed by atoms with Gasteiger partial charge in [-0.2, -0.15) is 0 Å². The van der Waals surface area contributed by atoms with Crippen molar-refractivity contribution in [2.45, 2.75) is 57.0 Å². The van der Waals surface area contributed by atoms with Crippen LogP contribution in [0.1, 0.15) is 55.0 Å². The molecule has 2 N–H and O–H groups in total. The van der Waals surface area contributed by atoms with E-state index >= 15 is 0 Å². The number of halogens is 2. The fourth-order valence-electron chi connectivity index (χ4n) is 6.81. The van der Waals surface area contributed by atoms with Crippen LogP contribution in [0.25, 0.3) is 33.6 Å². The Kier molecular flexibility index (Phi) is 10.7. The quantitative estimate of drug-likeness (QED) is 0.120. The Bertz CT molecular complexity index is 2030. The van der Waals surface area contributed by atoms with E-state index in [0.29, 0.717) is 75.5 Å². The summed E-state index contributed by atoms with van der Waals surface area (Å²) in [6.07, 6.45) is 12.3. The highest BCUT2D eigenvalue weighted by molar-refractivity contribution is 6.39. The molecule has 1 saturated carbocycles. The monoisotopic (exact) mass is 723 g/mol. The standard InChI is InChI=1S/C39H39Cl2N7O3/c1-50-38-31(13-3-8-25-14-15-35(49)46-25)44-21-32(47-38)28-11-4-9-26(36(28)40)27-10-5-12-29(37(27)41)33-22-45-34(39(48-33)51-2)20-43-19-24-17-30(24)23-7-6-16-42-18-23/h4-7,9-12,16,18,21-22,24-25,30,43H,3,8,13-15,17,19-20H2,1-2H3,(H,46,49)/t24-,25+,30-/m0/s1. The molecule has 7 rings (SSSR count). The molecule has 1 saturated heterocycles. The van der Waals surface area contributed by atoms with Crippen LogP contribution in [0, 0.1) is 5.92 Å². The Balaban J connectivity index is 1.06. The second-order valence-electron chi connectivity index (χ2n) is 13.0. The Morgan fingerprint density at radius 2 is 1.49 bits per heavy atom. The van der Waals surface area contributed by atoms with E-state index in [9.17, 15) is 4.79 Å². The Hall–Kier alpha value is -4.64. The molecule has 1 aliphatic heterocycles. The van der Waals surface area contributed by atoms with E-state index in [1.54, 1.807) is 26.6 Å². The molecule has 2 fully saturated rings. The first kappa shape index (κ1) is 34.8. The van der Waals surface area contributed by atoms with Crippen LogP contribution >= 0.6 is 23.2 Å². The van der Waals surface area contributed by atoms with Gasteiger partial charge in [0.15, 0.2) is 0 Å². The Morgan fingerprint density at radius 1 is 0.843 bits per heavy atom. The first-order valence-electron chi connectivity index (χ1n) is 17.2. The van der Waals surface area contributed by atoms with Crippen molar-refractivity contribution in [3.63, 3.8) is 0 Å². The number of ether oxygens (including phenoxy) is 2. The predicted molar refractivity (Wildman–Crippen MR) is 198 cm³/mol. The molecule has 12 heteroatoms. The zero-order valence-corrected chi connectivity index (χ0v) is 30.0. The molecule has 1 amide bonds. The van der Waals surface area contributed by atoms with Gasteiger partial charge in [0.05, 0.1) is 48.0 Å². The molecule has 10 nitrogen and oxygen atoms in total. The number of carbonyl (C=O) groups excluding carboxylic acids is 1. The van der Waals surface area contributed by atoms with Crippen LogP contribution in [0.3, 0.4) is 0 Å². The minimum absolute atomic E-state index is 0.125. The molecule has 0 radical (unpaired) electrons. The van der Waals surface area contributed by atoms with Gasteiger partial charge >= 0.3 is 0 Å². The summed E-state index contributed by atoms with van der Waals surface area (Å²) >= 11 is 14.2. The largest absolute Gasteiger partial charge is 0.480 e. The lowest BCUT2D eigenvalue weighted by molar-refractivity contribution is -0.119. The Morgan fingerprint density at radius 3 is 2.10 bits per heavy atom. The molecule has 0 bridgehead atoms. The van der Waals surface area contributed by atoms with E-state index in [1.165, 1.54) is 5.56 Å². The third-order valence-electron chi connectivity index (χ3n) is 9.63. The minimum atomic E-state index is 0.125. The molecule has 51 heavy (non-hydrogen) atoms. The molecule has 0 unspecified atom stereocenters. The van der Waals surface area contributed by atoms with Crippen molar-refractivity contribution in [1.29, 1.82) is 0 Å². The van der Waals surface area contributed by atoms with Gasteiger partial charge in [-0.3, -0.25) is 19.7 Å². The van der Waals surface area contributed by atoms with Gasteiger partial charge in [-0.1, -0.05) is 65.7 Å². The van der Waals surface area contributed by atoms with Crippen LogP contribution in [0.2, 0.25) is 10.0 Å². The molecule has 2 aliphatic rings. The highest BCUT2D eigenvalue weighted by atomic mass is 35.5. The van der Waals surface area contributed by atoms with Gasteiger partial charge < -0.3 is 20.1 Å². The number of benzene rings is 2. The molecule has 3 aromatic heterocycles. The van der Waals surface area contributed by atoms with Gasteiger partial charge in [0, 0.05) is 53.7 Å². The van der Waals surface area contributed by atoms with Crippen LogP contribution in [-0.4, -0.2) is 57.6 Å². The number of aryl methyl sites for hydroxylation is 1. The SMILES string of the molecule is COc1nc(-c2cccc(-c3cccc(-c4cnc(CNC[C@@H]5C[C@H]5c5cccnc5)c(OC)n4)c3Cl)c2Cl)cnc1CCC[C@@H]1CCC(=O)N1. The number of aromatic nitrogens is 5. The molecule has 5 aromatic rings. The lowest BCUT2D eigenvalue weighted by Gasteiger charge is -2.15. The van der Waals surface area contributed by atoms with E-state index in [0.717, 1.165) is 54.7 Å². The predicted octanol–water partition coefficient (Wildman–Crippen LogP) is 7.48. The minimum Gasteiger partial charge on any atom is -0.480 e. The first-order chi connectivity index (χ1) is 24.9. The van der Waals surface area contributed by atoms with Crippen molar-refractivity contribution in [3.8, 4) is 45.4 Å². The molecule has 1 aliphatic carbocycles. The van der Waals surface area contributed by atoms with Gasteiger partial charge in [0.1, 0.15) is 11.4 Å². The van der Waals surface area contributed by atoms with E-state index in [1.807, 2.05) is 54.9 Å². The smallest absolute Gasteiger partial charge is 0.237 e. The first-order valence-corrected chi connectivity index (χ1v) is 18.0. The number of amides is 1. The van der Waals surface area contributed by atoms with Crippen LogP contribution < -0.4 is 20.1 Å². The number of nitrogens with one attached hydrogen (secondary N) is 2. The van der Waals surface area contributed by atoms with E-state index < -0.39 is 0 Å². The van der Waals surface area contributed by atoms with Crippen molar-refractivity contribution in [2.24, 2.45) is 5.92 Å². The van der Waals surface area contributed by atoms with E-state index in [-0.39, 0.29) is 11.9 Å². The highest BCUT2D eigenvalue weighted by Crippen LogP contribution is 2.47. The zero-order valence-electron chi connectivity index (χ0n) is 28.5. The van der Waals surface area contributed by atoms with Crippen LogP contribution in [0.5, 0.6) is 11.8 Å². The van der Waals surface area contributed by atoms with Gasteiger partial charge in [-0.05, 0) is 62.1 Å². The third-order valence-corrected chi connectivity index (χ3v) is 10.4. The van der Waals surface area contributed by atoms with Gasteiger partial charge in [0.2, 0.25) is 17.7 Å². The number of methoxy groups -OCH3 is 2. The van der Waals surface area contributed by atoms with E-state index in [2.05, 4.69) is 21.7 Å². The number of pyridine rings is 1. The summed E-state index contributed by atoms with van der Waals surface area (Å²) in [5.74, 6) is 2.16. The molecular weight excluding hydrogens is 685 g/mol. The number of hydrogen-bond donors (Lipinski definition) is 2. The third kappa shape index (κ3) is 7.83. The number of carbonyl (C=O) groups is 1. The van der Waals surface area contributed by atoms with Gasteiger partial charge in [0.25, 0.3) is 0 Å². The van der Waals surface area contributed by atoms with Crippen molar-refractivity contribution in [1.82, 2.24) is 35.6 Å². The van der Waals surface area contributed by atoms with Gasteiger partial charge in [-0.15, -0.1) is 0 Å². The second kappa shape index (κ2) is 15.7. The normalized spacial score (nSPS) is 18.0. The fraction of sp³-hybridized carbons (Fsp3) is 0.333. The lowest BCUT2D eigenvalue weighted by atomic mass is 9.98. The molecule has 3 atom stereocenters. The molecule has 2 aromatic carbocycles. The van der Waals surface area contributed by atoms with Crippen molar-refractivity contribution in [3.05, 3.63) is 100 Å². The second-order valence-corrected chi connectivity index (χ2v) is 13.7.